The maximum atomic E-state index is 11.8. The first-order chi connectivity index (χ1) is 13.3. The molecule has 1 aliphatic rings. The number of allylic oxidation sites excluding steroid dienone is 3. The molecule has 0 aromatic carbocycles. The summed E-state index contributed by atoms with van der Waals surface area (Å²) >= 11 is 0. The van der Waals surface area contributed by atoms with Crippen molar-refractivity contribution >= 4 is 18.3 Å². The van der Waals surface area contributed by atoms with E-state index in [0.717, 1.165) is 12.8 Å². The van der Waals surface area contributed by atoms with Gasteiger partial charge in [0.2, 0.25) is 0 Å². The van der Waals surface area contributed by atoms with Gasteiger partial charge in [-0.3, -0.25) is 4.79 Å². The molecule has 1 aliphatic heterocycles. The summed E-state index contributed by atoms with van der Waals surface area (Å²) < 4.78 is 17.7. The molecule has 1 amide bonds. The Morgan fingerprint density at radius 3 is 2.44 bits per heavy atom. The third-order valence-electron chi connectivity index (χ3n) is 3.39. The molecule has 0 atom stereocenters. The minimum Gasteiger partial charge on any atom is -0.410 e. The van der Waals surface area contributed by atoms with Crippen molar-refractivity contribution in [3.05, 3.63) is 23.9 Å². The number of nitrogens with one attached hydrogen (secondary N) is 1. The Hall–Kier alpha value is -2.16. The van der Waals surface area contributed by atoms with Crippen LogP contribution >= 0.6 is 0 Å². The van der Waals surface area contributed by atoms with E-state index in [1.807, 2.05) is 0 Å². The lowest BCUT2D eigenvalue weighted by Gasteiger charge is -2.07. The number of ether oxygens (including phenoxy) is 3. The minimum absolute atomic E-state index is 0.0993. The summed E-state index contributed by atoms with van der Waals surface area (Å²) in [6.07, 6.45) is 10.9. The zero-order valence-electron chi connectivity index (χ0n) is 15.6. The lowest BCUT2D eigenvalue weighted by atomic mass is 10.2. The molecule has 9 heteroatoms. The Morgan fingerprint density at radius 2 is 1.85 bits per heavy atom. The zero-order chi connectivity index (χ0) is 19.6. The molecule has 0 saturated carbocycles. The van der Waals surface area contributed by atoms with Crippen LogP contribution < -0.4 is 11.1 Å². The fourth-order valence-corrected chi connectivity index (χ4v) is 2.01. The number of nitrogens with zero attached hydrogens (tertiary/aromatic N) is 2. The third kappa shape index (κ3) is 12.8. The molecule has 0 aliphatic carbocycles. The summed E-state index contributed by atoms with van der Waals surface area (Å²) in [6.45, 7) is 4.75. The maximum absolute atomic E-state index is 11.8. The van der Waals surface area contributed by atoms with Gasteiger partial charge in [0.25, 0.3) is 18.7 Å². The molecule has 0 radical (unpaired) electrons. The van der Waals surface area contributed by atoms with E-state index in [4.69, 9.17) is 25.2 Å². The highest BCUT2D eigenvalue weighted by Crippen LogP contribution is 1.97. The lowest BCUT2D eigenvalue weighted by molar-refractivity contribution is -0.439. The van der Waals surface area contributed by atoms with Crippen LogP contribution in [0, 0.1) is 0 Å². The molecule has 0 bridgehead atoms. The molecule has 0 saturated heterocycles. The van der Waals surface area contributed by atoms with E-state index in [0.29, 0.717) is 58.3 Å². The molecule has 150 valence electrons. The van der Waals surface area contributed by atoms with E-state index in [2.05, 4.69) is 16.7 Å². The first kappa shape index (κ1) is 22.9. The van der Waals surface area contributed by atoms with E-state index in [1.54, 1.807) is 22.9 Å². The molecule has 9 nitrogen and oxygen atoms in total. The van der Waals surface area contributed by atoms with Crippen LogP contribution in [0.1, 0.15) is 12.8 Å². The fourth-order valence-electron chi connectivity index (χ4n) is 2.01. The van der Waals surface area contributed by atoms with Gasteiger partial charge < -0.3 is 30.5 Å². The summed E-state index contributed by atoms with van der Waals surface area (Å²) in [5.41, 5.74) is 6.06. The quantitative estimate of drug-likeness (QED) is 0.0847. The predicted octanol–water partition coefficient (Wildman–Crippen LogP) is -0.235. The molecular formula is C18H30N4O5+2. The van der Waals surface area contributed by atoms with Gasteiger partial charge in [-0.15, -0.1) is 0 Å². The average molecular weight is 382 g/mol. The maximum Gasteiger partial charge on any atom is 0.337 e. The van der Waals surface area contributed by atoms with Crippen molar-refractivity contribution in [1.29, 1.82) is 0 Å². The summed E-state index contributed by atoms with van der Waals surface area (Å²) in [7, 11) is 0. The Bertz CT molecular complexity index is 532. The Morgan fingerprint density at radius 1 is 1.19 bits per heavy atom. The summed E-state index contributed by atoms with van der Waals surface area (Å²) in [5.74, 6) is -0.0993. The van der Waals surface area contributed by atoms with Crippen LogP contribution in [0.25, 0.3) is 0 Å². The van der Waals surface area contributed by atoms with Gasteiger partial charge in [0.15, 0.2) is 6.08 Å². The molecule has 27 heavy (non-hydrogen) atoms. The molecule has 0 aromatic rings. The van der Waals surface area contributed by atoms with Gasteiger partial charge in [0.05, 0.1) is 26.4 Å². The van der Waals surface area contributed by atoms with Crippen LogP contribution in [-0.2, 0) is 19.0 Å². The Balaban J connectivity index is 1.91. The number of amides is 1. The van der Waals surface area contributed by atoms with Crippen LogP contribution in [-0.4, -0.2) is 87.4 Å². The molecular weight excluding hydrogens is 352 g/mol. The van der Waals surface area contributed by atoms with Crippen molar-refractivity contribution in [3.63, 3.8) is 0 Å². The van der Waals surface area contributed by atoms with Gasteiger partial charge in [-0.1, -0.05) is 5.16 Å². The average Bonchev–Trinajstić information content (AvgIpc) is 2.67. The van der Waals surface area contributed by atoms with Gasteiger partial charge in [-0.25, -0.2) is 0 Å². The van der Waals surface area contributed by atoms with E-state index >= 15 is 0 Å². The number of carbonyl (C=O) groups is 1. The highest BCUT2D eigenvalue weighted by molar-refractivity contribution is 5.89. The second kappa shape index (κ2) is 16.0. The largest absolute Gasteiger partial charge is 0.410 e. The van der Waals surface area contributed by atoms with Crippen LogP contribution in [0.4, 0.5) is 0 Å². The van der Waals surface area contributed by atoms with Gasteiger partial charge >= 0.3 is 6.21 Å². The SMILES string of the molecule is NCCCOCCOCCOCCCNC(=O)C[N+]1=[C+]C=C(/C=N/O)C=C1. The fraction of sp³-hybridized carbons (Fsp3) is 0.611. The smallest absolute Gasteiger partial charge is 0.337 e. The molecule has 4 N–H and O–H groups in total. The number of hydrogen-bond donors (Lipinski definition) is 3. The van der Waals surface area contributed by atoms with Gasteiger partial charge in [0, 0.05) is 19.8 Å². The van der Waals surface area contributed by atoms with Crippen molar-refractivity contribution in [2.24, 2.45) is 10.9 Å². The molecule has 0 spiro atoms. The second-order valence-corrected chi connectivity index (χ2v) is 5.64. The van der Waals surface area contributed by atoms with Crippen LogP contribution in [0.5, 0.6) is 0 Å². The minimum atomic E-state index is -0.0993. The van der Waals surface area contributed by atoms with E-state index in [-0.39, 0.29) is 12.5 Å². The van der Waals surface area contributed by atoms with E-state index < -0.39 is 0 Å². The normalized spacial score (nSPS) is 13.4. The standard InChI is InChI=1S/C18H28N4O5/c19-5-1-9-25-11-13-27-14-12-26-10-2-6-20-18(23)16-22-7-3-17(4-8-22)15-21-24/h3-4,7,15H,1-2,5-6,9-14,16,19H2/p+2/b21-15+. The van der Waals surface area contributed by atoms with Crippen molar-refractivity contribution in [3.8, 4) is 0 Å². The summed E-state index contributed by atoms with van der Waals surface area (Å²) in [4.78, 5) is 11.8. The molecule has 1 heterocycles. The number of rotatable bonds is 16. The van der Waals surface area contributed by atoms with Crippen LogP contribution in [0.2, 0.25) is 0 Å². The first-order valence-electron chi connectivity index (χ1n) is 9.05. The van der Waals surface area contributed by atoms with E-state index in [9.17, 15) is 4.79 Å². The Kier molecular flexibility index (Phi) is 13.6. The topological polar surface area (TPSA) is 118 Å². The molecule has 0 unspecified atom stereocenters. The highest BCUT2D eigenvalue weighted by Gasteiger charge is 2.18. The Labute approximate surface area is 160 Å². The summed E-state index contributed by atoms with van der Waals surface area (Å²) in [5, 5.41) is 14.2. The van der Waals surface area contributed by atoms with Gasteiger partial charge in [-0.05, 0) is 24.0 Å². The second-order valence-electron chi connectivity index (χ2n) is 5.64. The predicted molar refractivity (Wildman–Crippen MR) is 101 cm³/mol. The lowest BCUT2D eigenvalue weighted by Crippen LogP contribution is -2.32. The van der Waals surface area contributed by atoms with Crippen LogP contribution in [0.15, 0.2) is 29.1 Å². The van der Waals surface area contributed by atoms with Crippen molar-refractivity contribution < 1.29 is 28.8 Å². The third-order valence-corrected chi connectivity index (χ3v) is 3.39. The highest BCUT2D eigenvalue weighted by atomic mass is 16.5. The van der Waals surface area contributed by atoms with E-state index in [1.165, 1.54) is 6.21 Å². The van der Waals surface area contributed by atoms with Crippen LogP contribution in [0.3, 0.4) is 0 Å². The number of hydrogen-bond acceptors (Lipinski definition) is 7. The zero-order valence-corrected chi connectivity index (χ0v) is 15.6. The summed E-state index contributed by atoms with van der Waals surface area (Å²) in [6, 6.07) is 0. The van der Waals surface area contributed by atoms with Crippen molar-refractivity contribution in [2.45, 2.75) is 12.8 Å². The van der Waals surface area contributed by atoms with Crippen molar-refractivity contribution in [2.75, 3.05) is 59.3 Å². The van der Waals surface area contributed by atoms with Crippen molar-refractivity contribution in [1.82, 2.24) is 5.32 Å². The van der Waals surface area contributed by atoms with Gasteiger partial charge in [0.1, 0.15) is 17.9 Å². The number of carbonyl (C=O) groups excluding carboxylic acids is 1. The number of oxime groups is 1. The first-order valence-corrected chi connectivity index (χ1v) is 9.05. The molecule has 0 aromatic heterocycles. The molecule has 0 fully saturated rings. The number of nitrogens with two attached hydrogens (primary N) is 1. The van der Waals surface area contributed by atoms with Gasteiger partial charge in [-0.2, -0.15) is 0 Å². The monoisotopic (exact) mass is 382 g/mol. The molecule has 1 rings (SSSR count).